The number of hydrogen-bond donors (Lipinski definition) is 2. The van der Waals surface area contributed by atoms with Crippen LogP contribution in [0.15, 0.2) is 29.1 Å². The molecule has 0 spiro atoms. The molecule has 3 aromatic rings. The lowest BCUT2D eigenvalue weighted by Crippen LogP contribution is -2.17. The third kappa shape index (κ3) is 4.78. The topological polar surface area (TPSA) is 84.1 Å². The normalized spacial score (nSPS) is 13.4. The number of H-pyrrole nitrogens is 1. The van der Waals surface area contributed by atoms with Gasteiger partial charge in [0.15, 0.2) is 0 Å². The predicted octanol–water partition coefficient (Wildman–Crippen LogP) is 4.24. The molecular formula is C19H16F3N3O3S2. The van der Waals surface area contributed by atoms with Crippen molar-refractivity contribution in [3.05, 3.63) is 50.9 Å². The van der Waals surface area contributed by atoms with Crippen molar-refractivity contribution >= 4 is 44.9 Å². The maximum absolute atomic E-state index is 12.4. The molecule has 0 bridgehead atoms. The second kappa shape index (κ2) is 8.31. The van der Waals surface area contributed by atoms with Crippen LogP contribution in [0.5, 0.6) is 5.75 Å². The first kappa shape index (κ1) is 20.7. The number of aromatic nitrogens is 2. The number of thioether (sulfide) groups is 1. The van der Waals surface area contributed by atoms with Gasteiger partial charge in [0.1, 0.15) is 16.4 Å². The Morgan fingerprint density at radius 1 is 1.27 bits per heavy atom. The van der Waals surface area contributed by atoms with E-state index in [2.05, 4.69) is 20.0 Å². The lowest BCUT2D eigenvalue weighted by molar-refractivity contribution is -0.274. The number of anilines is 1. The molecule has 30 heavy (non-hydrogen) atoms. The number of hydrogen-bond acceptors (Lipinski definition) is 6. The van der Waals surface area contributed by atoms with Gasteiger partial charge in [0, 0.05) is 10.6 Å². The van der Waals surface area contributed by atoms with Crippen LogP contribution in [0, 0.1) is 0 Å². The highest BCUT2D eigenvalue weighted by Gasteiger charge is 2.31. The number of carbonyl (C=O) groups excluding carboxylic acids is 1. The van der Waals surface area contributed by atoms with Crippen molar-refractivity contribution < 1.29 is 22.7 Å². The number of aryl methyl sites for hydroxylation is 2. The molecular weight excluding hydrogens is 439 g/mol. The van der Waals surface area contributed by atoms with E-state index in [-0.39, 0.29) is 23.0 Å². The van der Waals surface area contributed by atoms with Crippen LogP contribution in [0.3, 0.4) is 0 Å². The third-order valence-electron chi connectivity index (χ3n) is 4.47. The number of thiophene rings is 1. The maximum atomic E-state index is 12.4. The average Bonchev–Trinajstić information content (AvgIpc) is 3.23. The average molecular weight is 455 g/mol. The van der Waals surface area contributed by atoms with Gasteiger partial charge in [0.25, 0.3) is 5.56 Å². The largest absolute Gasteiger partial charge is 0.573 e. The molecule has 1 aliphatic carbocycles. The lowest BCUT2D eigenvalue weighted by atomic mass is 10.2. The van der Waals surface area contributed by atoms with Gasteiger partial charge in [-0.1, -0.05) is 0 Å². The number of carbonyl (C=O) groups is 1. The van der Waals surface area contributed by atoms with Crippen LogP contribution >= 0.6 is 23.1 Å². The van der Waals surface area contributed by atoms with E-state index in [1.54, 1.807) is 11.3 Å². The van der Waals surface area contributed by atoms with Crippen molar-refractivity contribution in [2.75, 3.05) is 11.1 Å². The zero-order valence-electron chi connectivity index (χ0n) is 15.5. The van der Waals surface area contributed by atoms with E-state index in [0.717, 1.165) is 41.8 Å². The van der Waals surface area contributed by atoms with E-state index in [1.165, 1.54) is 28.8 Å². The highest BCUT2D eigenvalue weighted by atomic mass is 32.2. The molecule has 0 fully saturated rings. The van der Waals surface area contributed by atoms with Crippen LogP contribution < -0.4 is 15.6 Å². The summed E-state index contributed by atoms with van der Waals surface area (Å²) in [4.78, 5) is 33.8. The fourth-order valence-corrected chi connectivity index (χ4v) is 5.26. The van der Waals surface area contributed by atoms with Crippen molar-refractivity contribution in [2.24, 2.45) is 0 Å². The zero-order valence-corrected chi connectivity index (χ0v) is 17.1. The van der Waals surface area contributed by atoms with Crippen LogP contribution in [0.25, 0.3) is 10.2 Å². The van der Waals surface area contributed by atoms with Crippen LogP contribution in [0.4, 0.5) is 18.9 Å². The Morgan fingerprint density at radius 2 is 2.03 bits per heavy atom. The molecule has 6 nitrogen and oxygen atoms in total. The molecule has 0 radical (unpaired) electrons. The van der Waals surface area contributed by atoms with Crippen LogP contribution in [-0.2, 0) is 23.4 Å². The Hall–Kier alpha value is -2.53. The van der Waals surface area contributed by atoms with E-state index >= 15 is 0 Å². The van der Waals surface area contributed by atoms with Gasteiger partial charge >= 0.3 is 6.36 Å². The van der Waals surface area contributed by atoms with Crippen molar-refractivity contribution in [3.8, 4) is 5.75 Å². The summed E-state index contributed by atoms with van der Waals surface area (Å²) in [5.74, 6) is 0.296. The van der Waals surface area contributed by atoms with Crippen LogP contribution in [-0.4, -0.2) is 28.0 Å². The molecule has 0 saturated carbocycles. The number of halogens is 3. The predicted molar refractivity (Wildman–Crippen MR) is 110 cm³/mol. The lowest BCUT2D eigenvalue weighted by Gasteiger charge is -2.10. The van der Waals surface area contributed by atoms with E-state index in [4.69, 9.17) is 0 Å². The SMILES string of the molecule is O=C(CSCc1nc2sc3c(c2c(=O)[nH]1)CCC3)Nc1ccc(OC(F)(F)F)cc1. The van der Waals surface area contributed by atoms with Crippen molar-refractivity contribution in [2.45, 2.75) is 31.4 Å². The summed E-state index contributed by atoms with van der Waals surface area (Å²) in [5, 5.41) is 3.29. The highest BCUT2D eigenvalue weighted by molar-refractivity contribution is 7.99. The van der Waals surface area contributed by atoms with Crippen molar-refractivity contribution in [1.29, 1.82) is 0 Å². The van der Waals surface area contributed by atoms with Gasteiger partial charge < -0.3 is 15.0 Å². The molecule has 4 rings (SSSR count). The van der Waals surface area contributed by atoms with Crippen molar-refractivity contribution in [1.82, 2.24) is 9.97 Å². The Morgan fingerprint density at radius 3 is 2.77 bits per heavy atom. The van der Waals surface area contributed by atoms with E-state index in [9.17, 15) is 22.8 Å². The summed E-state index contributed by atoms with van der Waals surface area (Å²) in [6.45, 7) is 0. The van der Waals surface area contributed by atoms with Gasteiger partial charge in [-0.3, -0.25) is 9.59 Å². The summed E-state index contributed by atoms with van der Waals surface area (Å²) >= 11 is 2.84. The van der Waals surface area contributed by atoms with Gasteiger partial charge in [0.2, 0.25) is 5.91 Å². The molecule has 0 aliphatic heterocycles. The minimum Gasteiger partial charge on any atom is -0.406 e. The number of nitrogens with one attached hydrogen (secondary N) is 2. The van der Waals surface area contributed by atoms with Gasteiger partial charge in [-0.2, -0.15) is 0 Å². The first-order valence-corrected chi connectivity index (χ1v) is 11.0. The van der Waals surface area contributed by atoms with Gasteiger partial charge in [0.05, 0.1) is 16.9 Å². The monoisotopic (exact) mass is 455 g/mol. The number of ether oxygens (including phenoxy) is 1. The van der Waals surface area contributed by atoms with Gasteiger partial charge in [-0.05, 0) is 49.1 Å². The number of aromatic amines is 1. The smallest absolute Gasteiger partial charge is 0.406 e. The van der Waals surface area contributed by atoms with E-state index < -0.39 is 6.36 Å². The molecule has 0 unspecified atom stereocenters. The van der Waals surface area contributed by atoms with Crippen LogP contribution in [0.1, 0.15) is 22.7 Å². The summed E-state index contributed by atoms with van der Waals surface area (Å²) < 4.78 is 40.3. The summed E-state index contributed by atoms with van der Waals surface area (Å²) in [6.07, 6.45) is -1.79. The number of nitrogens with zero attached hydrogens (tertiary/aromatic N) is 1. The summed E-state index contributed by atoms with van der Waals surface area (Å²) in [7, 11) is 0. The number of amides is 1. The molecule has 1 amide bonds. The maximum Gasteiger partial charge on any atom is 0.573 e. The standard InChI is InChI=1S/C19H16F3N3O3S2/c20-19(21,22)28-11-6-4-10(5-7-11)23-15(26)9-29-8-14-24-17(27)16-12-2-1-3-13(12)30-18(16)25-14/h4-7H,1-3,8-9H2,(H,23,26)(H,24,25,27). The minimum atomic E-state index is -4.76. The molecule has 11 heteroatoms. The Labute approximate surface area is 176 Å². The second-order valence-corrected chi connectivity index (χ2v) is 8.73. The van der Waals surface area contributed by atoms with E-state index in [1.807, 2.05) is 0 Å². The van der Waals surface area contributed by atoms with Gasteiger partial charge in [-0.15, -0.1) is 36.3 Å². The molecule has 0 atom stereocenters. The first-order chi connectivity index (χ1) is 14.3. The van der Waals surface area contributed by atoms with E-state index in [0.29, 0.717) is 22.7 Å². The second-order valence-electron chi connectivity index (χ2n) is 6.66. The fraction of sp³-hybridized carbons (Fsp3) is 0.316. The molecule has 0 saturated heterocycles. The quantitative estimate of drug-likeness (QED) is 0.581. The molecule has 158 valence electrons. The molecule has 2 aromatic heterocycles. The summed E-state index contributed by atoms with van der Waals surface area (Å²) in [6, 6.07) is 4.90. The highest BCUT2D eigenvalue weighted by Crippen LogP contribution is 2.34. The number of rotatable bonds is 6. The molecule has 2 N–H and O–H groups in total. The third-order valence-corrected chi connectivity index (χ3v) is 6.60. The van der Waals surface area contributed by atoms with Crippen LogP contribution in [0.2, 0.25) is 0 Å². The minimum absolute atomic E-state index is 0.101. The Bertz CT molecular complexity index is 1140. The zero-order chi connectivity index (χ0) is 21.3. The Balaban J connectivity index is 1.31. The number of benzene rings is 1. The summed E-state index contributed by atoms with van der Waals surface area (Å²) in [5.41, 5.74) is 1.34. The van der Waals surface area contributed by atoms with Crippen molar-refractivity contribution in [3.63, 3.8) is 0 Å². The van der Waals surface area contributed by atoms with Gasteiger partial charge in [-0.25, -0.2) is 4.98 Å². The number of alkyl halides is 3. The Kier molecular flexibility index (Phi) is 5.74. The fourth-order valence-electron chi connectivity index (χ4n) is 3.29. The molecule has 2 heterocycles. The number of fused-ring (bicyclic) bond motifs is 3. The molecule has 1 aromatic carbocycles. The molecule has 1 aliphatic rings. The first-order valence-electron chi connectivity index (χ1n) is 9.05.